The molecule has 1 N–H and O–H groups in total. The maximum Gasteiger partial charge on any atom is 0.295 e. The number of carbonyl (C=O) groups is 2. The van der Waals surface area contributed by atoms with Gasteiger partial charge in [-0.1, -0.05) is 42.5 Å². The van der Waals surface area contributed by atoms with Gasteiger partial charge in [-0.2, -0.15) is 0 Å². The summed E-state index contributed by atoms with van der Waals surface area (Å²) >= 11 is 0. The maximum absolute atomic E-state index is 13.4. The van der Waals surface area contributed by atoms with Gasteiger partial charge in [-0.3, -0.25) is 9.59 Å². The molecule has 5 nitrogen and oxygen atoms in total. The number of aliphatic hydroxyl groups excluding tert-OH is 1. The van der Waals surface area contributed by atoms with Crippen molar-refractivity contribution in [3.8, 4) is 0 Å². The average molecular weight is 418 g/mol. The molecular weight excluding hydrogens is 395 g/mol. The number of hydrogen-bond acceptors (Lipinski definition) is 4. The van der Waals surface area contributed by atoms with Gasteiger partial charge in [0.1, 0.15) is 11.6 Å². The molecule has 0 bridgehead atoms. The van der Waals surface area contributed by atoms with E-state index in [-0.39, 0.29) is 16.9 Å². The fourth-order valence-electron chi connectivity index (χ4n) is 3.99. The number of nitrogens with zero attached hydrogens (tertiary/aromatic N) is 2. The number of rotatable bonds is 5. The van der Waals surface area contributed by atoms with E-state index >= 15 is 0 Å². The highest BCUT2D eigenvalue weighted by Gasteiger charge is 2.46. The molecule has 3 aromatic rings. The topological polar surface area (TPSA) is 60.9 Å². The van der Waals surface area contributed by atoms with Gasteiger partial charge >= 0.3 is 0 Å². The molecule has 31 heavy (non-hydrogen) atoms. The standard InChI is InChI=1S/C25H23FN2O3/c1-27(2)14-15-28-22(20-9-5-7-16-6-3-4-8-19(16)20)21(24(30)25(28)31)23(29)17-10-12-18(26)13-11-17/h3-13,22,29H,14-15H2,1-2H3/b23-21-. The van der Waals surface area contributed by atoms with Crippen molar-refractivity contribution in [1.29, 1.82) is 0 Å². The Bertz CT molecular complexity index is 1180. The van der Waals surface area contributed by atoms with Gasteiger partial charge in [-0.05, 0) is 54.7 Å². The Kier molecular flexibility index (Phi) is 5.57. The first-order valence-corrected chi connectivity index (χ1v) is 10.0. The van der Waals surface area contributed by atoms with Crippen LogP contribution in [0.2, 0.25) is 0 Å². The van der Waals surface area contributed by atoms with Crippen LogP contribution in [-0.4, -0.2) is 53.8 Å². The van der Waals surface area contributed by atoms with E-state index in [0.29, 0.717) is 13.1 Å². The van der Waals surface area contributed by atoms with Crippen molar-refractivity contribution < 1.29 is 19.1 Å². The summed E-state index contributed by atoms with van der Waals surface area (Å²) in [6.45, 7) is 0.885. The molecule has 4 rings (SSSR count). The number of amides is 1. The first kappa shape index (κ1) is 20.8. The molecule has 3 aromatic carbocycles. The normalized spacial score (nSPS) is 18.3. The van der Waals surface area contributed by atoms with Crippen LogP contribution < -0.4 is 0 Å². The van der Waals surface area contributed by atoms with Gasteiger partial charge in [0.15, 0.2) is 0 Å². The van der Waals surface area contributed by atoms with Crippen LogP contribution in [0, 0.1) is 5.82 Å². The van der Waals surface area contributed by atoms with Crippen molar-refractivity contribution in [1.82, 2.24) is 9.80 Å². The van der Waals surface area contributed by atoms with E-state index in [9.17, 15) is 19.1 Å². The van der Waals surface area contributed by atoms with E-state index in [2.05, 4.69) is 0 Å². The Balaban J connectivity index is 1.93. The molecular formula is C25H23FN2O3. The lowest BCUT2D eigenvalue weighted by Crippen LogP contribution is -2.35. The van der Waals surface area contributed by atoms with E-state index in [0.717, 1.165) is 16.3 Å². The molecule has 0 aromatic heterocycles. The molecule has 1 atom stereocenters. The predicted octanol–water partition coefficient (Wildman–Crippen LogP) is 3.96. The summed E-state index contributed by atoms with van der Waals surface area (Å²) in [5.74, 6) is -2.14. The monoisotopic (exact) mass is 418 g/mol. The highest BCUT2D eigenvalue weighted by molar-refractivity contribution is 6.46. The Morgan fingerprint density at radius 2 is 1.68 bits per heavy atom. The summed E-state index contributed by atoms with van der Waals surface area (Å²) in [5.41, 5.74) is 1.07. The summed E-state index contributed by atoms with van der Waals surface area (Å²) in [7, 11) is 3.78. The lowest BCUT2D eigenvalue weighted by Gasteiger charge is -2.27. The molecule has 1 unspecified atom stereocenters. The van der Waals surface area contributed by atoms with Crippen LogP contribution in [0.25, 0.3) is 16.5 Å². The number of likely N-dealkylation sites (N-methyl/N-ethyl adjacent to an activating group) is 1. The fraction of sp³-hybridized carbons (Fsp3) is 0.200. The van der Waals surface area contributed by atoms with E-state index < -0.39 is 23.5 Å². The number of halogens is 1. The summed E-state index contributed by atoms with van der Waals surface area (Å²) in [6.07, 6.45) is 0. The molecule has 1 amide bonds. The van der Waals surface area contributed by atoms with Gasteiger partial charge in [-0.25, -0.2) is 4.39 Å². The first-order valence-electron chi connectivity index (χ1n) is 10.0. The lowest BCUT2D eigenvalue weighted by molar-refractivity contribution is -0.140. The molecule has 158 valence electrons. The lowest BCUT2D eigenvalue weighted by atomic mass is 9.91. The second kappa shape index (κ2) is 8.32. The average Bonchev–Trinajstić information content (AvgIpc) is 3.02. The van der Waals surface area contributed by atoms with Gasteiger partial charge < -0.3 is 14.9 Å². The molecule has 6 heteroatoms. The van der Waals surface area contributed by atoms with Crippen LogP contribution in [-0.2, 0) is 9.59 Å². The smallest absolute Gasteiger partial charge is 0.295 e. The Labute approximate surface area is 180 Å². The van der Waals surface area contributed by atoms with Gasteiger partial charge in [0.25, 0.3) is 11.7 Å². The number of hydrogen-bond donors (Lipinski definition) is 1. The number of Topliss-reactive ketones (excluding diaryl/α,β-unsaturated/α-hetero) is 1. The molecule has 1 fully saturated rings. The predicted molar refractivity (Wildman–Crippen MR) is 118 cm³/mol. The number of benzene rings is 3. The third-order valence-corrected chi connectivity index (χ3v) is 5.56. The molecule has 0 radical (unpaired) electrons. The third kappa shape index (κ3) is 3.82. The zero-order chi connectivity index (χ0) is 22.1. The maximum atomic E-state index is 13.4. The molecule has 0 saturated carbocycles. The number of fused-ring (bicyclic) bond motifs is 1. The largest absolute Gasteiger partial charge is 0.507 e. The van der Waals surface area contributed by atoms with Gasteiger partial charge in [-0.15, -0.1) is 0 Å². The first-order chi connectivity index (χ1) is 14.9. The Hall–Kier alpha value is -3.51. The second-order valence-corrected chi connectivity index (χ2v) is 7.87. The van der Waals surface area contributed by atoms with Crippen molar-refractivity contribution in [2.24, 2.45) is 0 Å². The van der Waals surface area contributed by atoms with Crippen LogP contribution in [0.1, 0.15) is 17.2 Å². The molecule has 1 saturated heterocycles. The van der Waals surface area contributed by atoms with Crippen molar-refractivity contribution >= 4 is 28.2 Å². The van der Waals surface area contributed by atoms with Gasteiger partial charge in [0.2, 0.25) is 0 Å². The number of ketones is 1. The van der Waals surface area contributed by atoms with Crippen molar-refractivity contribution in [2.45, 2.75) is 6.04 Å². The van der Waals surface area contributed by atoms with E-state index in [1.54, 1.807) is 0 Å². The minimum absolute atomic E-state index is 0.0201. The van der Waals surface area contributed by atoms with Crippen LogP contribution in [0.4, 0.5) is 4.39 Å². The molecule has 0 aliphatic carbocycles. The molecule has 0 spiro atoms. The van der Waals surface area contributed by atoms with Crippen LogP contribution in [0.15, 0.2) is 72.3 Å². The number of carbonyl (C=O) groups excluding carboxylic acids is 2. The quantitative estimate of drug-likeness (QED) is 0.387. The van der Waals surface area contributed by atoms with Crippen molar-refractivity contribution in [2.75, 3.05) is 27.2 Å². The number of aliphatic hydroxyl groups is 1. The molecule has 1 aliphatic heterocycles. The molecule has 1 aliphatic rings. The van der Waals surface area contributed by atoms with E-state index in [1.165, 1.54) is 29.2 Å². The fourth-order valence-corrected chi connectivity index (χ4v) is 3.99. The van der Waals surface area contributed by atoms with Crippen LogP contribution in [0.3, 0.4) is 0 Å². The SMILES string of the molecule is CN(C)CCN1C(=O)C(=O)/C(=C(\O)c2ccc(F)cc2)C1c1cccc2ccccc12. The number of likely N-dealkylation sites (tertiary alicyclic amines) is 1. The zero-order valence-corrected chi connectivity index (χ0v) is 17.4. The van der Waals surface area contributed by atoms with E-state index in [1.807, 2.05) is 61.5 Å². The van der Waals surface area contributed by atoms with Gasteiger partial charge in [0, 0.05) is 18.7 Å². The second-order valence-electron chi connectivity index (χ2n) is 7.87. The van der Waals surface area contributed by atoms with Crippen molar-refractivity contribution in [3.05, 3.63) is 89.2 Å². The Morgan fingerprint density at radius 1 is 1.00 bits per heavy atom. The van der Waals surface area contributed by atoms with Crippen LogP contribution in [0.5, 0.6) is 0 Å². The highest BCUT2D eigenvalue weighted by atomic mass is 19.1. The van der Waals surface area contributed by atoms with Crippen LogP contribution >= 0.6 is 0 Å². The highest BCUT2D eigenvalue weighted by Crippen LogP contribution is 2.41. The summed E-state index contributed by atoms with van der Waals surface area (Å²) in [4.78, 5) is 29.5. The zero-order valence-electron chi connectivity index (χ0n) is 17.4. The molecule has 1 heterocycles. The van der Waals surface area contributed by atoms with Crippen molar-refractivity contribution in [3.63, 3.8) is 0 Å². The van der Waals surface area contributed by atoms with E-state index in [4.69, 9.17) is 0 Å². The summed E-state index contributed by atoms with van der Waals surface area (Å²) < 4.78 is 13.4. The summed E-state index contributed by atoms with van der Waals surface area (Å²) in [5, 5.41) is 12.9. The Morgan fingerprint density at radius 3 is 2.39 bits per heavy atom. The third-order valence-electron chi connectivity index (χ3n) is 5.56. The minimum Gasteiger partial charge on any atom is -0.507 e. The minimum atomic E-state index is -0.740. The van der Waals surface area contributed by atoms with Gasteiger partial charge in [0.05, 0.1) is 11.6 Å². The summed E-state index contributed by atoms with van der Waals surface area (Å²) in [6, 6.07) is 17.9.